The number of aromatic nitrogens is 1. The van der Waals surface area contributed by atoms with E-state index >= 15 is 0 Å². The minimum absolute atomic E-state index is 0.0157. The number of anilines is 1. The molecule has 0 bridgehead atoms. The maximum absolute atomic E-state index is 10.7. The zero-order chi connectivity index (χ0) is 13.9. The number of aromatic carboxylic acids is 1. The van der Waals surface area contributed by atoms with Gasteiger partial charge in [0.25, 0.3) is 0 Å². The van der Waals surface area contributed by atoms with Gasteiger partial charge in [0.2, 0.25) is 0 Å². The third-order valence-electron chi connectivity index (χ3n) is 3.36. The number of hydrogen-bond acceptors (Lipinski definition) is 5. The number of ether oxygens (including phenoxy) is 1. The fraction of sp³-hybridized carbons (Fsp3) is 0.538. The molecular weight excluding hydrogens is 248 g/mol. The lowest BCUT2D eigenvalue weighted by Gasteiger charge is -2.36. The molecular formula is C13H18N2O4. The minimum atomic E-state index is -1.04. The van der Waals surface area contributed by atoms with E-state index in [1.54, 1.807) is 6.07 Å². The van der Waals surface area contributed by atoms with E-state index in [-0.39, 0.29) is 5.69 Å². The number of carbonyl (C=O) groups is 1. The van der Waals surface area contributed by atoms with Gasteiger partial charge in [-0.15, -0.1) is 0 Å². The second-order valence-corrected chi connectivity index (χ2v) is 4.90. The van der Waals surface area contributed by atoms with Crippen molar-refractivity contribution in [1.29, 1.82) is 0 Å². The molecule has 0 amide bonds. The Bertz CT molecular complexity index is 440. The number of carboxylic acid groups (broad SMARTS) is 1. The largest absolute Gasteiger partial charge is 0.477 e. The van der Waals surface area contributed by atoms with E-state index in [0.29, 0.717) is 32.6 Å². The van der Waals surface area contributed by atoms with Crippen molar-refractivity contribution in [3.8, 4) is 0 Å². The molecule has 1 saturated heterocycles. The van der Waals surface area contributed by atoms with Crippen molar-refractivity contribution in [2.45, 2.75) is 18.4 Å². The van der Waals surface area contributed by atoms with Crippen LogP contribution in [0.3, 0.4) is 0 Å². The zero-order valence-electron chi connectivity index (χ0n) is 10.9. The van der Waals surface area contributed by atoms with Crippen molar-refractivity contribution >= 4 is 11.7 Å². The summed E-state index contributed by atoms with van der Waals surface area (Å²) in [6.45, 7) is 1.62. The number of rotatable bonds is 4. The second-order valence-electron chi connectivity index (χ2n) is 4.90. The van der Waals surface area contributed by atoms with Gasteiger partial charge in [0.1, 0.15) is 5.69 Å². The van der Waals surface area contributed by atoms with Crippen LogP contribution in [0.4, 0.5) is 5.69 Å². The Morgan fingerprint density at radius 3 is 2.68 bits per heavy atom. The van der Waals surface area contributed by atoms with Crippen molar-refractivity contribution in [2.24, 2.45) is 0 Å². The van der Waals surface area contributed by atoms with Crippen LogP contribution in [0.25, 0.3) is 0 Å². The average molecular weight is 266 g/mol. The van der Waals surface area contributed by atoms with Gasteiger partial charge in [-0.3, -0.25) is 0 Å². The summed E-state index contributed by atoms with van der Waals surface area (Å²) < 4.78 is 5.24. The van der Waals surface area contributed by atoms with Crippen molar-refractivity contribution in [1.82, 2.24) is 4.98 Å². The van der Waals surface area contributed by atoms with E-state index < -0.39 is 11.6 Å². The SMILES string of the molecule is CN(CC1(O)CCOCC1)c1ccc(C(=O)O)nc1. The summed E-state index contributed by atoms with van der Waals surface area (Å²) in [5.74, 6) is -1.04. The molecule has 0 saturated carbocycles. The Hall–Kier alpha value is -1.66. The highest BCUT2D eigenvalue weighted by Gasteiger charge is 2.31. The smallest absolute Gasteiger partial charge is 0.354 e. The fourth-order valence-corrected chi connectivity index (χ4v) is 2.18. The maximum atomic E-state index is 10.7. The Morgan fingerprint density at radius 2 is 2.16 bits per heavy atom. The standard InChI is InChI=1S/C13H18N2O4/c1-15(9-13(18)4-6-19-7-5-13)10-2-3-11(12(16)17)14-8-10/h2-3,8,18H,4-7,9H2,1H3,(H,16,17). The third-order valence-corrected chi connectivity index (χ3v) is 3.36. The summed E-state index contributed by atoms with van der Waals surface area (Å²) in [6.07, 6.45) is 2.72. The highest BCUT2D eigenvalue weighted by molar-refractivity contribution is 5.85. The first-order chi connectivity index (χ1) is 9.00. The Kier molecular flexibility index (Phi) is 4.01. The topological polar surface area (TPSA) is 82.9 Å². The number of pyridine rings is 1. The van der Waals surface area contributed by atoms with Crippen LogP contribution in [0.1, 0.15) is 23.3 Å². The second kappa shape index (κ2) is 5.54. The van der Waals surface area contributed by atoms with Crippen LogP contribution in [0, 0.1) is 0 Å². The van der Waals surface area contributed by atoms with Gasteiger partial charge in [0.15, 0.2) is 0 Å². The third kappa shape index (κ3) is 3.42. The number of carboxylic acids is 1. The molecule has 0 spiro atoms. The van der Waals surface area contributed by atoms with E-state index in [9.17, 15) is 9.90 Å². The molecule has 19 heavy (non-hydrogen) atoms. The van der Waals surface area contributed by atoms with Crippen LogP contribution in [-0.4, -0.2) is 53.6 Å². The first kappa shape index (κ1) is 13.8. The van der Waals surface area contributed by atoms with Crippen LogP contribution in [0.15, 0.2) is 18.3 Å². The molecule has 6 heteroatoms. The molecule has 0 unspecified atom stereocenters. The monoisotopic (exact) mass is 266 g/mol. The van der Waals surface area contributed by atoms with Crippen molar-refractivity contribution < 1.29 is 19.7 Å². The molecule has 1 aromatic rings. The predicted octanol–water partition coefficient (Wildman–Crippen LogP) is 0.757. The molecule has 1 aromatic heterocycles. The van der Waals surface area contributed by atoms with Gasteiger partial charge in [-0.2, -0.15) is 0 Å². The lowest BCUT2D eigenvalue weighted by Crippen LogP contribution is -2.45. The molecule has 0 atom stereocenters. The number of likely N-dealkylation sites (N-methyl/N-ethyl adjacent to an activating group) is 1. The van der Waals surface area contributed by atoms with E-state index in [1.807, 2.05) is 11.9 Å². The Morgan fingerprint density at radius 1 is 1.47 bits per heavy atom. The summed E-state index contributed by atoms with van der Waals surface area (Å²) in [7, 11) is 1.85. The summed E-state index contributed by atoms with van der Waals surface area (Å²) >= 11 is 0. The van der Waals surface area contributed by atoms with Gasteiger partial charge < -0.3 is 19.8 Å². The van der Waals surface area contributed by atoms with Crippen LogP contribution >= 0.6 is 0 Å². The Balaban J connectivity index is 2.02. The zero-order valence-corrected chi connectivity index (χ0v) is 10.9. The van der Waals surface area contributed by atoms with Crippen molar-refractivity contribution in [3.63, 3.8) is 0 Å². The van der Waals surface area contributed by atoms with Crippen LogP contribution in [0.2, 0.25) is 0 Å². The van der Waals surface area contributed by atoms with Gasteiger partial charge in [0.05, 0.1) is 17.5 Å². The van der Waals surface area contributed by atoms with Crippen molar-refractivity contribution in [2.75, 3.05) is 31.7 Å². The number of hydrogen-bond donors (Lipinski definition) is 2. The first-order valence-electron chi connectivity index (χ1n) is 6.21. The molecule has 1 fully saturated rings. The van der Waals surface area contributed by atoms with E-state index in [4.69, 9.17) is 9.84 Å². The summed E-state index contributed by atoms with van der Waals surface area (Å²) in [4.78, 5) is 16.5. The normalized spacial score (nSPS) is 18.0. The van der Waals surface area contributed by atoms with Gasteiger partial charge in [-0.1, -0.05) is 0 Å². The molecule has 1 aliphatic rings. The summed E-state index contributed by atoms with van der Waals surface area (Å²) in [6, 6.07) is 3.15. The lowest BCUT2D eigenvalue weighted by atomic mass is 9.94. The van der Waals surface area contributed by atoms with Gasteiger partial charge in [-0.05, 0) is 12.1 Å². The Labute approximate surface area is 111 Å². The summed E-state index contributed by atoms with van der Waals surface area (Å²) in [5.41, 5.74) is 0.0465. The number of nitrogens with zero attached hydrogens (tertiary/aromatic N) is 2. The molecule has 2 heterocycles. The van der Waals surface area contributed by atoms with Gasteiger partial charge >= 0.3 is 5.97 Å². The average Bonchev–Trinajstić information content (AvgIpc) is 2.39. The fourth-order valence-electron chi connectivity index (χ4n) is 2.18. The lowest BCUT2D eigenvalue weighted by molar-refractivity contribution is -0.0572. The quantitative estimate of drug-likeness (QED) is 0.837. The highest BCUT2D eigenvalue weighted by Crippen LogP contribution is 2.23. The minimum Gasteiger partial charge on any atom is -0.477 e. The highest BCUT2D eigenvalue weighted by atomic mass is 16.5. The van der Waals surface area contributed by atoms with E-state index in [2.05, 4.69) is 4.98 Å². The molecule has 0 aliphatic carbocycles. The molecule has 1 aliphatic heterocycles. The van der Waals surface area contributed by atoms with Crippen LogP contribution < -0.4 is 4.90 Å². The van der Waals surface area contributed by atoms with Gasteiger partial charge in [0, 0.05) is 39.6 Å². The summed E-state index contributed by atoms with van der Waals surface area (Å²) in [5, 5.41) is 19.2. The van der Waals surface area contributed by atoms with E-state index in [1.165, 1.54) is 12.3 Å². The van der Waals surface area contributed by atoms with Crippen molar-refractivity contribution in [3.05, 3.63) is 24.0 Å². The van der Waals surface area contributed by atoms with Crippen LogP contribution in [-0.2, 0) is 4.74 Å². The first-order valence-corrected chi connectivity index (χ1v) is 6.21. The molecule has 6 nitrogen and oxygen atoms in total. The number of aliphatic hydroxyl groups is 1. The van der Waals surface area contributed by atoms with Gasteiger partial charge in [-0.25, -0.2) is 9.78 Å². The molecule has 104 valence electrons. The molecule has 2 rings (SSSR count). The predicted molar refractivity (Wildman–Crippen MR) is 69.5 cm³/mol. The molecule has 0 radical (unpaired) electrons. The van der Waals surface area contributed by atoms with Crippen LogP contribution in [0.5, 0.6) is 0 Å². The molecule has 0 aromatic carbocycles. The molecule has 2 N–H and O–H groups in total. The maximum Gasteiger partial charge on any atom is 0.354 e. The van der Waals surface area contributed by atoms with E-state index in [0.717, 1.165) is 5.69 Å².